The number of carboxylic acid groups (broad SMARTS) is 2. The minimum atomic E-state index is -5.08. The van der Waals surface area contributed by atoms with Crippen LogP contribution in [0.4, 0.5) is 26.3 Å². The number of aliphatic carboxylic acids is 2. The normalized spacial score (nSPS) is 11.3. The van der Waals surface area contributed by atoms with Crippen molar-refractivity contribution in [2.24, 2.45) is 0 Å². The largest absolute Gasteiger partial charge is 0.490 e. The van der Waals surface area contributed by atoms with Crippen LogP contribution in [0, 0.1) is 0 Å². The average Bonchev–Trinajstić information content (AvgIpc) is 3.60. The smallest absolute Gasteiger partial charge is 0.475 e. The number of halogens is 6. The van der Waals surface area contributed by atoms with E-state index in [0.717, 1.165) is 48.6 Å². The zero-order valence-corrected chi connectivity index (χ0v) is 24.0. The van der Waals surface area contributed by atoms with Gasteiger partial charge in [-0.25, -0.2) is 14.6 Å². The van der Waals surface area contributed by atoms with Crippen LogP contribution >= 0.6 is 0 Å². The molecule has 0 aliphatic heterocycles. The summed E-state index contributed by atoms with van der Waals surface area (Å²) in [6, 6.07) is 11.8. The van der Waals surface area contributed by atoms with Gasteiger partial charge in [-0.05, 0) is 42.9 Å². The molecule has 0 saturated heterocycles. The van der Waals surface area contributed by atoms with Crippen LogP contribution < -0.4 is 5.32 Å². The van der Waals surface area contributed by atoms with E-state index in [0.29, 0.717) is 12.2 Å². The molecule has 0 saturated carbocycles. The van der Waals surface area contributed by atoms with Crippen molar-refractivity contribution in [3.8, 4) is 11.4 Å². The summed E-state index contributed by atoms with van der Waals surface area (Å²) in [6.07, 6.45) is -0.503. The lowest BCUT2D eigenvalue weighted by atomic mass is 10.3. The van der Waals surface area contributed by atoms with Crippen LogP contribution in [0.15, 0.2) is 67.4 Å². The third-order valence-corrected chi connectivity index (χ3v) is 5.95. The highest BCUT2D eigenvalue weighted by Crippen LogP contribution is 2.24. The Morgan fingerprint density at radius 2 is 1.53 bits per heavy atom. The fraction of sp³-hybridized carbons (Fsp3) is 0.321. The minimum absolute atomic E-state index is 0.142. The second-order valence-electron chi connectivity index (χ2n) is 9.06. The number of imidazole rings is 1. The predicted octanol–water partition coefficient (Wildman–Crippen LogP) is 4.58. The second-order valence-corrected chi connectivity index (χ2v) is 9.06. The molecule has 244 valence electrons. The summed E-state index contributed by atoms with van der Waals surface area (Å²) in [7, 11) is 0. The average molecular weight is 645 g/mol. The van der Waals surface area contributed by atoms with E-state index in [4.69, 9.17) is 24.8 Å². The van der Waals surface area contributed by atoms with Gasteiger partial charge in [0.2, 0.25) is 0 Å². The summed E-state index contributed by atoms with van der Waals surface area (Å²) in [4.78, 5) is 41.9. The van der Waals surface area contributed by atoms with Crippen LogP contribution in [0.5, 0.6) is 0 Å². The molecular weight excluding hydrogens is 614 g/mol. The van der Waals surface area contributed by atoms with E-state index in [-0.39, 0.29) is 5.91 Å². The number of fused-ring (bicyclic) bond motifs is 1. The first-order valence-corrected chi connectivity index (χ1v) is 13.2. The fourth-order valence-electron chi connectivity index (χ4n) is 3.73. The van der Waals surface area contributed by atoms with Gasteiger partial charge in [0.15, 0.2) is 5.69 Å². The van der Waals surface area contributed by atoms with Gasteiger partial charge >= 0.3 is 24.3 Å². The molecule has 0 radical (unpaired) electrons. The number of amides is 1. The molecule has 4 aromatic heterocycles. The standard InChI is InChI=1S/C24H28N6O.2C2HF3O2/c1-3-28(4-2)15-12-26-24(31)22-21-9-5-6-13-30(21)23(27-22)20-10-14-29(18-20)17-19-8-7-11-25-16-19;2*3-2(4,5)1(6)7/h5-11,13-14,16,18H,3-4,12,15,17H2,1-2H3,(H,26,31);2*(H,6,7). The Morgan fingerprint density at radius 1 is 0.911 bits per heavy atom. The van der Waals surface area contributed by atoms with Gasteiger partial charge in [-0.15, -0.1) is 0 Å². The first-order chi connectivity index (χ1) is 21.1. The van der Waals surface area contributed by atoms with Gasteiger partial charge in [-0.3, -0.25) is 14.2 Å². The number of rotatable bonds is 9. The molecule has 45 heavy (non-hydrogen) atoms. The molecule has 0 aliphatic carbocycles. The topological polar surface area (TPSA) is 142 Å². The van der Waals surface area contributed by atoms with Crippen molar-refractivity contribution < 1.29 is 50.9 Å². The molecule has 3 N–H and O–H groups in total. The van der Waals surface area contributed by atoms with Crippen LogP contribution in [0.25, 0.3) is 16.9 Å². The first kappa shape index (κ1) is 36.3. The lowest BCUT2D eigenvalue weighted by molar-refractivity contribution is -0.193. The summed E-state index contributed by atoms with van der Waals surface area (Å²) < 4.78 is 67.5. The van der Waals surface area contributed by atoms with Crippen molar-refractivity contribution >= 4 is 23.4 Å². The summed E-state index contributed by atoms with van der Waals surface area (Å²) in [5.74, 6) is -4.90. The number of carbonyl (C=O) groups excluding carboxylic acids is 1. The van der Waals surface area contributed by atoms with Gasteiger partial charge in [0.1, 0.15) is 5.82 Å². The third kappa shape index (κ3) is 11.3. The predicted molar refractivity (Wildman–Crippen MR) is 149 cm³/mol. The number of hydrogen-bond acceptors (Lipinski definition) is 6. The number of carboxylic acids is 2. The van der Waals surface area contributed by atoms with E-state index in [1.165, 1.54) is 0 Å². The summed E-state index contributed by atoms with van der Waals surface area (Å²) in [5.41, 5.74) is 3.35. The van der Waals surface area contributed by atoms with Gasteiger partial charge in [0.05, 0.1) is 5.52 Å². The lowest BCUT2D eigenvalue weighted by Crippen LogP contribution is -2.35. The molecule has 0 aliphatic rings. The maximum Gasteiger partial charge on any atom is 0.490 e. The molecule has 0 unspecified atom stereocenters. The highest BCUT2D eigenvalue weighted by molar-refractivity contribution is 6.00. The van der Waals surface area contributed by atoms with E-state index in [9.17, 15) is 31.1 Å². The number of alkyl halides is 6. The molecule has 0 fully saturated rings. The Kier molecular flexibility index (Phi) is 13.1. The van der Waals surface area contributed by atoms with Gasteiger partial charge in [-0.2, -0.15) is 26.3 Å². The van der Waals surface area contributed by atoms with Crippen LogP contribution in [-0.4, -0.2) is 90.4 Å². The molecule has 4 rings (SSSR count). The number of likely N-dealkylation sites (N-methyl/N-ethyl adjacent to an activating group) is 1. The minimum Gasteiger partial charge on any atom is -0.475 e. The molecule has 0 bridgehead atoms. The number of nitrogens with one attached hydrogen (secondary N) is 1. The zero-order chi connectivity index (χ0) is 33.8. The maximum atomic E-state index is 12.9. The van der Waals surface area contributed by atoms with Crippen molar-refractivity contribution in [1.82, 2.24) is 29.2 Å². The Bertz CT molecular complexity index is 1520. The van der Waals surface area contributed by atoms with E-state index < -0.39 is 24.3 Å². The lowest BCUT2D eigenvalue weighted by Gasteiger charge is -2.17. The van der Waals surface area contributed by atoms with Gasteiger partial charge < -0.3 is 25.0 Å². The van der Waals surface area contributed by atoms with Crippen molar-refractivity contribution in [3.63, 3.8) is 0 Å². The van der Waals surface area contributed by atoms with E-state index >= 15 is 0 Å². The molecule has 11 nitrogen and oxygen atoms in total. The SMILES string of the molecule is CCN(CC)CCNC(=O)c1nc(-c2ccn(Cc3cccnc3)c2)n2ccccc12.O=C(O)C(F)(F)F.O=C(O)C(F)(F)F. The van der Waals surface area contributed by atoms with Crippen LogP contribution in [0.3, 0.4) is 0 Å². The Morgan fingerprint density at radius 3 is 2.07 bits per heavy atom. The quantitative estimate of drug-likeness (QED) is 0.225. The summed E-state index contributed by atoms with van der Waals surface area (Å²) >= 11 is 0. The summed E-state index contributed by atoms with van der Waals surface area (Å²) in [5, 5.41) is 17.3. The van der Waals surface area contributed by atoms with Crippen molar-refractivity contribution in [2.45, 2.75) is 32.7 Å². The molecule has 4 heterocycles. The van der Waals surface area contributed by atoms with E-state index in [2.05, 4.69) is 45.9 Å². The van der Waals surface area contributed by atoms with E-state index in [1.807, 2.05) is 53.3 Å². The molecule has 0 aromatic carbocycles. The highest BCUT2D eigenvalue weighted by Gasteiger charge is 2.38. The number of pyridine rings is 2. The fourth-order valence-corrected chi connectivity index (χ4v) is 3.73. The van der Waals surface area contributed by atoms with Crippen LogP contribution in [0.2, 0.25) is 0 Å². The first-order valence-electron chi connectivity index (χ1n) is 13.2. The highest BCUT2D eigenvalue weighted by atomic mass is 19.4. The number of hydrogen-bond donors (Lipinski definition) is 3. The second kappa shape index (κ2) is 16.2. The molecule has 1 amide bonds. The van der Waals surface area contributed by atoms with Crippen LogP contribution in [-0.2, 0) is 16.1 Å². The Hall–Kier alpha value is -4.93. The van der Waals surface area contributed by atoms with Crippen molar-refractivity contribution in [2.75, 3.05) is 26.2 Å². The molecule has 0 spiro atoms. The Balaban J connectivity index is 0.000000421. The molecule has 0 atom stereocenters. The zero-order valence-electron chi connectivity index (χ0n) is 24.0. The molecule has 4 aromatic rings. The number of aromatic nitrogens is 4. The van der Waals surface area contributed by atoms with Crippen molar-refractivity contribution in [3.05, 3.63) is 78.6 Å². The monoisotopic (exact) mass is 644 g/mol. The van der Waals surface area contributed by atoms with E-state index in [1.54, 1.807) is 6.20 Å². The van der Waals surface area contributed by atoms with Gasteiger partial charge in [0.25, 0.3) is 5.91 Å². The summed E-state index contributed by atoms with van der Waals surface area (Å²) in [6.45, 7) is 8.36. The number of nitrogens with zero attached hydrogens (tertiary/aromatic N) is 5. The Labute approximate surface area is 252 Å². The van der Waals surface area contributed by atoms with Gasteiger partial charge in [0, 0.05) is 56.2 Å². The number of carbonyl (C=O) groups is 3. The maximum absolute atomic E-state index is 12.9. The molecule has 17 heteroatoms. The van der Waals surface area contributed by atoms with Crippen LogP contribution in [0.1, 0.15) is 29.9 Å². The third-order valence-electron chi connectivity index (χ3n) is 5.95. The van der Waals surface area contributed by atoms with Crippen molar-refractivity contribution in [1.29, 1.82) is 0 Å². The van der Waals surface area contributed by atoms with Gasteiger partial charge in [-0.1, -0.05) is 26.0 Å². The molecular formula is C28H30F6N6O5.